The SMILES string of the molecule is COc1cc(OC)c(NCCS(=O)(=O)C(C)C)cc1Cl. The Kier molecular flexibility index (Phi) is 5.95. The predicted octanol–water partition coefficient (Wildman–Crippen LogP) is 2.59. The van der Waals surface area contributed by atoms with Crippen LogP contribution in [0.25, 0.3) is 0 Å². The molecule has 1 aromatic carbocycles. The van der Waals surface area contributed by atoms with Crippen LogP contribution in [0, 0.1) is 0 Å². The van der Waals surface area contributed by atoms with Crippen molar-refractivity contribution in [2.75, 3.05) is 31.8 Å². The van der Waals surface area contributed by atoms with Gasteiger partial charge in [0.1, 0.15) is 11.5 Å². The number of sulfone groups is 1. The highest BCUT2D eigenvalue weighted by molar-refractivity contribution is 7.92. The summed E-state index contributed by atoms with van der Waals surface area (Å²) >= 11 is 6.04. The number of halogens is 1. The number of rotatable bonds is 7. The molecular formula is C13H20ClNO4S. The molecule has 114 valence electrons. The van der Waals surface area contributed by atoms with Crippen molar-refractivity contribution in [1.29, 1.82) is 0 Å². The topological polar surface area (TPSA) is 64.6 Å². The molecule has 5 nitrogen and oxygen atoms in total. The monoisotopic (exact) mass is 321 g/mol. The first kappa shape index (κ1) is 16.9. The molecule has 0 radical (unpaired) electrons. The smallest absolute Gasteiger partial charge is 0.154 e. The van der Waals surface area contributed by atoms with Crippen LogP contribution in [-0.2, 0) is 9.84 Å². The van der Waals surface area contributed by atoms with Gasteiger partial charge in [0.15, 0.2) is 9.84 Å². The van der Waals surface area contributed by atoms with Crippen molar-refractivity contribution >= 4 is 27.1 Å². The number of methoxy groups -OCH3 is 2. The van der Waals surface area contributed by atoms with Crippen molar-refractivity contribution < 1.29 is 17.9 Å². The van der Waals surface area contributed by atoms with E-state index in [9.17, 15) is 8.42 Å². The third kappa shape index (κ3) is 4.18. The Labute approximate surface area is 125 Å². The van der Waals surface area contributed by atoms with Gasteiger partial charge in [0.05, 0.1) is 35.9 Å². The van der Waals surface area contributed by atoms with Gasteiger partial charge in [-0.2, -0.15) is 0 Å². The average molecular weight is 322 g/mol. The van der Waals surface area contributed by atoms with E-state index in [1.54, 1.807) is 26.0 Å². The summed E-state index contributed by atoms with van der Waals surface area (Å²) < 4.78 is 33.8. The molecule has 0 spiro atoms. The zero-order valence-corrected chi connectivity index (χ0v) is 13.6. The molecule has 0 aliphatic carbocycles. The highest BCUT2D eigenvalue weighted by Crippen LogP contribution is 2.35. The highest BCUT2D eigenvalue weighted by atomic mass is 35.5. The van der Waals surface area contributed by atoms with Crippen LogP contribution in [0.15, 0.2) is 12.1 Å². The van der Waals surface area contributed by atoms with Gasteiger partial charge in [0.25, 0.3) is 0 Å². The lowest BCUT2D eigenvalue weighted by Crippen LogP contribution is -2.23. The van der Waals surface area contributed by atoms with Gasteiger partial charge in [-0.25, -0.2) is 8.42 Å². The molecule has 1 rings (SSSR count). The molecule has 0 fully saturated rings. The number of anilines is 1. The van der Waals surface area contributed by atoms with E-state index in [0.29, 0.717) is 28.8 Å². The van der Waals surface area contributed by atoms with E-state index in [0.717, 1.165) is 0 Å². The molecule has 0 bridgehead atoms. The van der Waals surface area contributed by atoms with Gasteiger partial charge in [-0.05, 0) is 19.9 Å². The zero-order chi connectivity index (χ0) is 15.3. The number of benzene rings is 1. The molecule has 1 aromatic rings. The maximum atomic E-state index is 11.7. The van der Waals surface area contributed by atoms with Gasteiger partial charge >= 0.3 is 0 Å². The summed E-state index contributed by atoms with van der Waals surface area (Å²) in [6.07, 6.45) is 0. The van der Waals surface area contributed by atoms with Crippen LogP contribution in [0.5, 0.6) is 11.5 Å². The summed E-state index contributed by atoms with van der Waals surface area (Å²) in [5.74, 6) is 1.11. The number of hydrogen-bond donors (Lipinski definition) is 1. The minimum absolute atomic E-state index is 0.0530. The number of hydrogen-bond acceptors (Lipinski definition) is 5. The third-order valence-electron chi connectivity index (χ3n) is 2.89. The van der Waals surface area contributed by atoms with E-state index < -0.39 is 9.84 Å². The molecule has 0 aliphatic heterocycles. The molecule has 0 atom stereocenters. The fraction of sp³-hybridized carbons (Fsp3) is 0.538. The standard InChI is InChI=1S/C13H20ClNO4S/c1-9(2)20(16,17)6-5-15-11-7-10(14)12(18-3)8-13(11)19-4/h7-9,15H,5-6H2,1-4H3. The first-order valence-corrected chi connectivity index (χ1v) is 8.28. The van der Waals surface area contributed by atoms with Gasteiger partial charge < -0.3 is 14.8 Å². The van der Waals surface area contributed by atoms with E-state index in [1.807, 2.05) is 0 Å². The molecular weight excluding hydrogens is 302 g/mol. The van der Waals surface area contributed by atoms with E-state index in [1.165, 1.54) is 14.2 Å². The van der Waals surface area contributed by atoms with Crippen molar-refractivity contribution in [1.82, 2.24) is 0 Å². The van der Waals surface area contributed by atoms with Gasteiger partial charge in [0.2, 0.25) is 0 Å². The molecule has 0 unspecified atom stereocenters. The second-order valence-corrected chi connectivity index (χ2v) is 7.61. The Morgan fingerprint density at radius 2 is 1.80 bits per heavy atom. The highest BCUT2D eigenvalue weighted by Gasteiger charge is 2.16. The first-order valence-electron chi connectivity index (χ1n) is 6.18. The molecule has 0 saturated heterocycles. The summed E-state index contributed by atoms with van der Waals surface area (Å²) in [5.41, 5.74) is 0.636. The largest absolute Gasteiger partial charge is 0.495 e. The average Bonchev–Trinajstić information content (AvgIpc) is 2.38. The van der Waals surface area contributed by atoms with Crippen molar-refractivity contribution in [3.63, 3.8) is 0 Å². The molecule has 20 heavy (non-hydrogen) atoms. The van der Waals surface area contributed by atoms with Gasteiger partial charge in [0, 0.05) is 12.6 Å². The minimum Gasteiger partial charge on any atom is -0.495 e. The van der Waals surface area contributed by atoms with Crippen LogP contribution in [0.1, 0.15) is 13.8 Å². The lowest BCUT2D eigenvalue weighted by molar-refractivity contribution is 0.395. The molecule has 1 N–H and O–H groups in total. The summed E-state index contributed by atoms with van der Waals surface area (Å²) in [6, 6.07) is 3.31. The number of ether oxygens (including phenoxy) is 2. The third-order valence-corrected chi connectivity index (χ3v) is 5.40. The summed E-state index contributed by atoms with van der Waals surface area (Å²) in [5, 5.41) is 3.07. The maximum Gasteiger partial charge on any atom is 0.154 e. The molecule has 7 heteroatoms. The Bertz CT molecular complexity index is 558. The van der Waals surface area contributed by atoms with Gasteiger partial charge in [-0.15, -0.1) is 0 Å². The molecule has 0 amide bonds. The summed E-state index contributed by atoms with van der Waals surface area (Å²) in [7, 11) is -0.0285. The Hall–Kier alpha value is -1.14. The van der Waals surface area contributed by atoms with Crippen molar-refractivity contribution in [3.05, 3.63) is 17.2 Å². The van der Waals surface area contributed by atoms with Crippen LogP contribution in [0.3, 0.4) is 0 Å². The molecule has 0 saturated carbocycles. The second kappa shape index (κ2) is 7.04. The van der Waals surface area contributed by atoms with Crippen LogP contribution in [0.2, 0.25) is 5.02 Å². The zero-order valence-electron chi connectivity index (χ0n) is 12.1. The summed E-state index contributed by atoms with van der Waals surface area (Å²) in [4.78, 5) is 0. The van der Waals surface area contributed by atoms with Crippen molar-refractivity contribution in [2.24, 2.45) is 0 Å². The van der Waals surface area contributed by atoms with Crippen molar-refractivity contribution in [3.8, 4) is 11.5 Å². The fourth-order valence-electron chi connectivity index (χ4n) is 1.56. The quantitative estimate of drug-likeness (QED) is 0.836. The minimum atomic E-state index is -3.07. The van der Waals surface area contributed by atoms with Crippen LogP contribution < -0.4 is 14.8 Å². The van der Waals surface area contributed by atoms with Gasteiger partial charge in [-0.3, -0.25) is 0 Å². The molecule has 0 heterocycles. The lowest BCUT2D eigenvalue weighted by Gasteiger charge is -2.14. The Balaban J connectivity index is 2.81. The Morgan fingerprint density at radius 3 is 2.30 bits per heavy atom. The predicted molar refractivity (Wildman–Crippen MR) is 82.0 cm³/mol. The molecule has 0 aromatic heterocycles. The number of nitrogens with one attached hydrogen (secondary N) is 1. The Morgan fingerprint density at radius 1 is 1.20 bits per heavy atom. The summed E-state index contributed by atoms with van der Waals surface area (Å²) in [6.45, 7) is 3.62. The fourth-order valence-corrected chi connectivity index (χ4v) is 2.66. The van der Waals surface area contributed by atoms with Gasteiger partial charge in [-0.1, -0.05) is 11.6 Å². The van der Waals surface area contributed by atoms with E-state index >= 15 is 0 Å². The van der Waals surface area contributed by atoms with Crippen molar-refractivity contribution in [2.45, 2.75) is 19.1 Å². The van der Waals surface area contributed by atoms with E-state index in [-0.39, 0.29) is 11.0 Å². The second-order valence-electron chi connectivity index (χ2n) is 4.53. The first-order chi connectivity index (χ1) is 9.31. The van der Waals surface area contributed by atoms with E-state index in [2.05, 4.69) is 5.32 Å². The lowest BCUT2D eigenvalue weighted by atomic mass is 10.2. The van der Waals surface area contributed by atoms with Crippen LogP contribution in [-0.4, -0.2) is 40.2 Å². The van der Waals surface area contributed by atoms with Crippen LogP contribution >= 0.6 is 11.6 Å². The maximum absolute atomic E-state index is 11.7. The van der Waals surface area contributed by atoms with E-state index in [4.69, 9.17) is 21.1 Å². The normalized spacial score (nSPS) is 11.5. The van der Waals surface area contributed by atoms with Crippen LogP contribution in [0.4, 0.5) is 5.69 Å². The molecule has 0 aliphatic rings.